The molecule has 43 heavy (non-hydrogen) atoms. The van der Waals surface area contributed by atoms with Gasteiger partial charge in [0.25, 0.3) is 0 Å². The molecule has 0 saturated heterocycles. The van der Waals surface area contributed by atoms with Crippen molar-refractivity contribution in [2.75, 3.05) is 0 Å². The number of hydrogen-bond donors (Lipinski definition) is 0. The van der Waals surface area contributed by atoms with E-state index in [2.05, 4.69) is 92.7 Å². The fourth-order valence-corrected chi connectivity index (χ4v) is 6.08. The molecular formula is C36H24N6S. The van der Waals surface area contributed by atoms with E-state index in [-0.39, 0.29) is 0 Å². The van der Waals surface area contributed by atoms with E-state index in [1.54, 1.807) is 0 Å². The number of pyridine rings is 1. The van der Waals surface area contributed by atoms with E-state index >= 15 is 0 Å². The van der Waals surface area contributed by atoms with Gasteiger partial charge in [-0.1, -0.05) is 108 Å². The van der Waals surface area contributed by atoms with Crippen LogP contribution in [0.25, 0.3) is 78.1 Å². The molecule has 7 heteroatoms. The first-order valence-corrected chi connectivity index (χ1v) is 14.8. The Bertz CT molecular complexity index is 2230. The van der Waals surface area contributed by atoms with Crippen molar-refractivity contribution in [1.29, 1.82) is 0 Å². The van der Waals surface area contributed by atoms with Crippen LogP contribution in [-0.2, 0) is 0 Å². The first kappa shape index (κ1) is 25.3. The molecule has 0 aliphatic heterocycles. The second kappa shape index (κ2) is 10.2. The summed E-state index contributed by atoms with van der Waals surface area (Å²) in [6.45, 7) is 4.15. The molecule has 8 rings (SSSR count). The minimum atomic E-state index is 0.549. The second-order valence-electron chi connectivity index (χ2n) is 10.7. The molecule has 0 fully saturated rings. The highest BCUT2D eigenvalue weighted by molar-refractivity contribution is 7.00. The summed E-state index contributed by atoms with van der Waals surface area (Å²) in [5.74, 6) is 1.77. The van der Waals surface area contributed by atoms with Crippen molar-refractivity contribution in [1.82, 2.24) is 28.7 Å². The van der Waals surface area contributed by atoms with Crippen molar-refractivity contribution >= 4 is 44.4 Å². The molecule has 204 valence electrons. The summed E-state index contributed by atoms with van der Waals surface area (Å²) in [5, 5.41) is 3.05. The van der Waals surface area contributed by atoms with Crippen LogP contribution in [0.4, 0.5) is 0 Å². The van der Waals surface area contributed by atoms with Crippen molar-refractivity contribution in [3.8, 4) is 45.4 Å². The molecule has 3 aromatic heterocycles. The van der Waals surface area contributed by atoms with Gasteiger partial charge in [0.05, 0.1) is 22.9 Å². The highest BCUT2D eigenvalue weighted by Gasteiger charge is 2.21. The van der Waals surface area contributed by atoms with Crippen LogP contribution < -0.4 is 0 Å². The predicted molar refractivity (Wildman–Crippen MR) is 175 cm³/mol. The summed E-state index contributed by atoms with van der Waals surface area (Å²) in [6.07, 6.45) is 0. The molecule has 0 bridgehead atoms. The zero-order valence-electron chi connectivity index (χ0n) is 23.5. The van der Waals surface area contributed by atoms with Gasteiger partial charge in [-0.05, 0) is 26.0 Å². The van der Waals surface area contributed by atoms with Crippen LogP contribution >= 0.6 is 11.7 Å². The third-order valence-corrected chi connectivity index (χ3v) is 8.27. The maximum Gasteiger partial charge on any atom is 0.166 e. The first-order chi connectivity index (χ1) is 21.1. The van der Waals surface area contributed by atoms with Crippen LogP contribution in [0.15, 0.2) is 109 Å². The van der Waals surface area contributed by atoms with Gasteiger partial charge in [0, 0.05) is 38.4 Å². The van der Waals surface area contributed by atoms with E-state index in [0.717, 1.165) is 60.7 Å². The number of nitrogens with zero attached hydrogens (tertiary/aromatic N) is 6. The van der Waals surface area contributed by atoms with Crippen LogP contribution in [0.2, 0.25) is 0 Å². The topological polar surface area (TPSA) is 77.3 Å². The van der Waals surface area contributed by atoms with Gasteiger partial charge in [-0.3, -0.25) is 0 Å². The second-order valence-corrected chi connectivity index (χ2v) is 11.2. The lowest BCUT2D eigenvalue weighted by Crippen LogP contribution is -2.01. The lowest BCUT2D eigenvalue weighted by Gasteiger charge is -2.13. The van der Waals surface area contributed by atoms with E-state index in [1.807, 2.05) is 30.3 Å². The van der Waals surface area contributed by atoms with E-state index in [4.69, 9.17) is 28.7 Å². The Morgan fingerprint density at radius 2 is 1.07 bits per heavy atom. The predicted octanol–water partition coefficient (Wildman–Crippen LogP) is 8.86. The quantitative estimate of drug-likeness (QED) is 0.196. The summed E-state index contributed by atoms with van der Waals surface area (Å²) < 4.78 is 9.62. The zero-order chi connectivity index (χ0) is 28.9. The lowest BCUT2D eigenvalue weighted by molar-refractivity contribution is 1.07. The minimum absolute atomic E-state index is 0.549. The highest BCUT2D eigenvalue weighted by Crippen LogP contribution is 2.40. The van der Waals surface area contributed by atoms with Gasteiger partial charge in [-0.15, -0.1) is 0 Å². The van der Waals surface area contributed by atoms with Gasteiger partial charge < -0.3 is 0 Å². The van der Waals surface area contributed by atoms with Gasteiger partial charge in [0.1, 0.15) is 11.0 Å². The smallest absolute Gasteiger partial charge is 0.166 e. The summed E-state index contributed by atoms with van der Waals surface area (Å²) in [4.78, 5) is 20.2. The van der Waals surface area contributed by atoms with Gasteiger partial charge in [0.2, 0.25) is 0 Å². The third kappa shape index (κ3) is 4.42. The zero-order valence-corrected chi connectivity index (χ0v) is 24.3. The average molecular weight is 573 g/mol. The summed E-state index contributed by atoms with van der Waals surface area (Å²) in [6, 6.07) is 37.1. The highest BCUT2D eigenvalue weighted by atomic mass is 32.1. The Morgan fingerprint density at radius 3 is 1.74 bits per heavy atom. The molecule has 0 atom stereocenters. The fraction of sp³-hybridized carbons (Fsp3) is 0.0556. The van der Waals surface area contributed by atoms with Gasteiger partial charge >= 0.3 is 0 Å². The molecule has 8 aromatic rings. The van der Waals surface area contributed by atoms with Crippen LogP contribution in [-0.4, -0.2) is 28.7 Å². The van der Waals surface area contributed by atoms with Crippen molar-refractivity contribution in [2.45, 2.75) is 13.8 Å². The van der Waals surface area contributed by atoms with Crippen molar-refractivity contribution in [3.05, 3.63) is 120 Å². The number of benzene rings is 5. The molecule has 0 radical (unpaired) electrons. The maximum atomic E-state index is 5.15. The Balaban J connectivity index is 1.46. The molecule has 0 saturated carbocycles. The van der Waals surface area contributed by atoms with E-state index in [9.17, 15) is 0 Å². The Kier molecular flexibility index (Phi) is 5.98. The van der Waals surface area contributed by atoms with Gasteiger partial charge in [0.15, 0.2) is 17.5 Å². The van der Waals surface area contributed by atoms with Crippen LogP contribution in [0, 0.1) is 13.8 Å². The van der Waals surface area contributed by atoms with Crippen molar-refractivity contribution < 1.29 is 0 Å². The first-order valence-electron chi connectivity index (χ1n) is 14.1. The molecule has 0 spiro atoms. The summed E-state index contributed by atoms with van der Waals surface area (Å²) in [5.41, 5.74) is 9.42. The number of aromatic nitrogens is 6. The summed E-state index contributed by atoms with van der Waals surface area (Å²) >= 11 is 1.20. The summed E-state index contributed by atoms with van der Waals surface area (Å²) in [7, 11) is 0. The third-order valence-electron chi connectivity index (χ3n) is 7.74. The van der Waals surface area contributed by atoms with Crippen molar-refractivity contribution in [3.63, 3.8) is 0 Å². The Morgan fingerprint density at radius 1 is 0.488 bits per heavy atom. The van der Waals surface area contributed by atoms with Crippen LogP contribution in [0.1, 0.15) is 11.1 Å². The van der Waals surface area contributed by atoms with Crippen molar-refractivity contribution in [2.24, 2.45) is 0 Å². The molecule has 6 nitrogen and oxygen atoms in total. The molecule has 0 aliphatic rings. The number of fused-ring (bicyclic) bond motifs is 5. The molecule has 5 aromatic carbocycles. The monoisotopic (exact) mass is 572 g/mol. The molecule has 0 aliphatic carbocycles. The van der Waals surface area contributed by atoms with Crippen LogP contribution in [0.5, 0.6) is 0 Å². The SMILES string of the molecule is Cc1ccc(-c2nc(-c3ccc(C)cc3)nc(-c3cc4c(-c5ccccc5)nc5ccccc5c4c4nsnc34)n2)cc1. The number of para-hydroxylation sites is 1. The largest absolute Gasteiger partial charge is 0.247 e. The number of rotatable bonds is 4. The average Bonchev–Trinajstić information content (AvgIpc) is 3.55. The van der Waals surface area contributed by atoms with E-state index in [1.165, 1.54) is 22.9 Å². The Hall–Kier alpha value is -5.40. The molecule has 3 heterocycles. The fourth-order valence-electron chi connectivity index (χ4n) is 5.51. The Labute approximate surface area is 252 Å². The normalized spacial score (nSPS) is 11.5. The maximum absolute atomic E-state index is 5.15. The van der Waals surface area contributed by atoms with Crippen LogP contribution in [0.3, 0.4) is 0 Å². The van der Waals surface area contributed by atoms with Gasteiger partial charge in [-0.25, -0.2) is 19.9 Å². The molecule has 0 amide bonds. The number of aryl methyl sites for hydroxylation is 2. The minimum Gasteiger partial charge on any atom is -0.247 e. The molecular weight excluding hydrogens is 549 g/mol. The lowest BCUT2D eigenvalue weighted by atomic mass is 9.96. The van der Waals surface area contributed by atoms with E-state index in [0.29, 0.717) is 17.5 Å². The number of hydrogen-bond acceptors (Lipinski definition) is 7. The molecule has 0 unspecified atom stereocenters. The molecule has 0 N–H and O–H groups in total. The van der Waals surface area contributed by atoms with E-state index < -0.39 is 0 Å². The standard InChI is InChI=1S/C36H24N6S/c1-21-12-16-24(17-13-21)34-38-35(25-18-14-22(2)15-19-25)40-36(39-34)28-20-27-30(33-32(28)41-43-42-33)26-10-6-7-11-29(26)37-31(27)23-8-4-3-5-9-23/h3-20H,1-2H3. The van der Waals surface area contributed by atoms with Gasteiger partial charge in [-0.2, -0.15) is 8.75 Å².